The summed E-state index contributed by atoms with van der Waals surface area (Å²) in [5, 5.41) is 9.99. The smallest absolute Gasteiger partial charge is 0.307 e. The first kappa shape index (κ1) is 13.5. The van der Waals surface area contributed by atoms with Crippen LogP contribution in [0.25, 0.3) is 0 Å². The number of aromatic nitrogens is 1. The lowest BCUT2D eigenvalue weighted by molar-refractivity contribution is -0.142. The first-order chi connectivity index (χ1) is 9.49. The molecule has 0 radical (unpaired) electrons. The number of carboxylic acids is 1. The van der Waals surface area contributed by atoms with E-state index in [4.69, 9.17) is 5.11 Å². The highest BCUT2D eigenvalue weighted by Crippen LogP contribution is 2.43. The maximum atomic E-state index is 12.4. The van der Waals surface area contributed by atoms with Crippen molar-refractivity contribution in [3.05, 3.63) is 15.6 Å². The standard InChI is InChI=1S/C14H18N2O3S/c1-7-15-10-4-3-5-11(12(10)20-7)16(2)13(17)8-6-9(8)14(18)19/h8-9,11H,3-6H2,1-2H3,(H,18,19). The molecule has 0 bridgehead atoms. The molecule has 1 aromatic heterocycles. The van der Waals surface area contributed by atoms with Crippen LogP contribution in [0.4, 0.5) is 0 Å². The number of hydrogen-bond acceptors (Lipinski definition) is 4. The maximum Gasteiger partial charge on any atom is 0.307 e. The highest BCUT2D eigenvalue weighted by molar-refractivity contribution is 7.11. The summed E-state index contributed by atoms with van der Waals surface area (Å²) in [6.45, 7) is 1.99. The molecule has 3 unspecified atom stereocenters. The lowest BCUT2D eigenvalue weighted by atomic mass is 9.96. The minimum Gasteiger partial charge on any atom is -0.481 e. The van der Waals surface area contributed by atoms with E-state index in [-0.39, 0.29) is 17.9 Å². The average Bonchev–Trinajstić information content (AvgIpc) is 3.12. The molecular formula is C14H18N2O3S. The van der Waals surface area contributed by atoms with Crippen molar-refractivity contribution in [1.82, 2.24) is 9.88 Å². The molecule has 2 aliphatic rings. The fourth-order valence-corrected chi connectivity index (χ4v) is 4.20. The normalized spacial score (nSPS) is 27.8. The summed E-state index contributed by atoms with van der Waals surface area (Å²) in [6, 6.07) is 0.0764. The third kappa shape index (κ3) is 2.22. The van der Waals surface area contributed by atoms with Gasteiger partial charge in [0.2, 0.25) is 5.91 Å². The Kier molecular flexibility index (Phi) is 3.28. The number of rotatable bonds is 3. The molecule has 5 nitrogen and oxygen atoms in total. The number of carbonyl (C=O) groups is 2. The monoisotopic (exact) mass is 294 g/mol. The van der Waals surface area contributed by atoms with E-state index in [0.717, 1.165) is 30.0 Å². The Bertz CT molecular complexity index is 569. The SMILES string of the molecule is Cc1nc2c(s1)C(N(C)C(=O)C1CC1C(=O)O)CCC2. The van der Waals surface area contributed by atoms with Gasteiger partial charge in [-0.25, -0.2) is 4.98 Å². The van der Waals surface area contributed by atoms with Gasteiger partial charge in [-0.2, -0.15) is 0 Å². The van der Waals surface area contributed by atoms with E-state index in [1.807, 2.05) is 6.92 Å². The van der Waals surface area contributed by atoms with Gasteiger partial charge < -0.3 is 10.0 Å². The summed E-state index contributed by atoms with van der Waals surface area (Å²) in [6.07, 6.45) is 3.45. The molecule has 1 saturated carbocycles. The molecule has 1 N–H and O–H groups in total. The average molecular weight is 294 g/mol. The van der Waals surface area contributed by atoms with E-state index in [9.17, 15) is 9.59 Å². The molecular weight excluding hydrogens is 276 g/mol. The van der Waals surface area contributed by atoms with E-state index >= 15 is 0 Å². The summed E-state index contributed by atoms with van der Waals surface area (Å²) < 4.78 is 0. The predicted octanol–water partition coefficient (Wildman–Crippen LogP) is 2.01. The number of aryl methyl sites for hydroxylation is 2. The summed E-state index contributed by atoms with van der Waals surface area (Å²) in [7, 11) is 1.80. The van der Waals surface area contributed by atoms with E-state index in [1.165, 1.54) is 4.88 Å². The summed E-state index contributed by atoms with van der Waals surface area (Å²) >= 11 is 1.66. The van der Waals surface area contributed by atoms with E-state index in [2.05, 4.69) is 4.98 Å². The zero-order valence-electron chi connectivity index (χ0n) is 11.6. The lowest BCUT2D eigenvalue weighted by Crippen LogP contribution is -2.34. The fraction of sp³-hybridized carbons (Fsp3) is 0.643. The number of fused-ring (bicyclic) bond motifs is 1. The third-order valence-electron chi connectivity index (χ3n) is 4.27. The molecule has 1 heterocycles. The number of aliphatic carboxylic acids is 1. The second-order valence-corrected chi connectivity index (χ2v) is 6.92. The molecule has 2 aliphatic carbocycles. The highest BCUT2D eigenvalue weighted by Gasteiger charge is 2.50. The van der Waals surface area contributed by atoms with Crippen LogP contribution in [0.1, 0.15) is 40.9 Å². The van der Waals surface area contributed by atoms with Gasteiger partial charge in [-0.1, -0.05) is 0 Å². The molecule has 0 spiro atoms. The van der Waals surface area contributed by atoms with Crippen LogP contribution in [0.5, 0.6) is 0 Å². The molecule has 1 amide bonds. The van der Waals surface area contributed by atoms with Crippen LogP contribution in [0, 0.1) is 18.8 Å². The summed E-state index contributed by atoms with van der Waals surface area (Å²) in [4.78, 5) is 30.8. The number of carboxylic acid groups (broad SMARTS) is 1. The van der Waals surface area contributed by atoms with Gasteiger partial charge in [-0.3, -0.25) is 9.59 Å². The Balaban J connectivity index is 1.77. The van der Waals surface area contributed by atoms with Gasteiger partial charge in [-0.15, -0.1) is 11.3 Å². The van der Waals surface area contributed by atoms with Crippen LogP contribution in [0.15, 0.2) is 0 Å². The van der Waals surface area contributed by atoms with Crippen molar-refractivity contribution in [2.45, 2.75) is 38.6 Å². The van der Waals surface area contributed by atoms with E-state index in [0.29, 0.717) is 6.42 Å². The minimum atomic E-state index is -0.852. The second kappa shape index (κ2) is 4.84. The van der Waals surface area contributed by atoms with Crippen LogP contribution in [0.2, 0.25) is 0 Å². The molecule has 0 saturated heterocycles. The van der Waals surface area contributed by atoms with E-state index in [1.54, 1.807) is 23.3 Å². The van der Waals surface area contributed by atoms with Crippen LogP contribution in [-0.2, 0) is 16.0 Å². The van der Waals surface area contributed by atoms with Gasteiger partial charge in [0.15, 0.2) is 0 Å². The molecule has 1 aromatic rings. The Hall–Kier alpha value is -1.43. The number of thiazole rings is 1. The van der Waals surface area contributed by atoms with E-state index < -0.39 is 11.9 Å². The maximum absolute atomic E-state index is 12.4. The van der Waals surface area contributed by atoms with Crippen molar-refractivity contribution in [1.29, 1.82) is 0 Å². The van der Waals surface area contributed by atoms with Gasteiger partial charge >= 0.3 is 5.97 Å². The van der Waals surface area contributed by atoms with Crippen molar-refractivity contribution >= 4 is 23.2 Å². The van der Waals surface area contributed by atoms with Crippen molar-refractivity contribution in [3.8, 4) is 0 Å². The quantitative estimate of drug-likeness (QED) is 0.925. The van der Waals surface area contributed by atoms with Gasteiger partial charge in [0, 0.05) is 7.05 Å². The zero-order valence-corrected chi connectivity index (χ0v) is 12.4. The van der Waals surface area contributed by atoms with Gasteiger partial charge in [0.25, 0.3) is 0 Å². The van der Waals surface area contributed by atoms with Crippen molar-refractivity contribution in [2.75, 3.05) is 7.05 Å². The number of hydrogen-bond donors (Lipinski definition) is 1. The van der Waals surface area contributed by atoms with Crippen molar-refractivity contribution < 1.29 is 14.7 Å². The van der Waals surface area contributed by atoms with Crippen LogP contribution in [-0.4, -0.2) is 33.9 Å². The zero-order chi connectivity index (χ0) is 14.4. The molecule has 3 rings (SSSR count). The Morgan fingerprint density at radius 2 is 2.15 bits per heavy atom. The van der Waals surface area contributed by atoms with Crippen LogP contribution >= 0.6 is 11.3 Å². The Morgan fingerprint density at radius 3 is 2.80 bits per heavy atom. The molecule has 0 aromatic carbocycles. The molecule has 0 aliphatic heterocycles. The molecule has 3 atom stereocenters. The minimum absolute atomic E-state index is 0.0266. The summed E-state index contributed by atoms with van der Waals surface area (Å²) in [5.74, 6) is -1.68. The van der Waals surface area contributed by atoms with Gasteiger partial charge in [-0.05, 0) is 32.6 Å². The van der Waals surface area contributed by atoms with Crippen molar-refractivity contribution in [3.63, 3.8) is 0 Å². The lowest BCUT2D eigenvalue weighted by Gasteiger charge is -2.30. The van der Waals surface area contributed by atoms with Gasteiger partial charge in [0.05, 0.1) is 33.5 Å². The molecule has 20 heavy (non-hydrogen) atoms. The van der Waals surface area contributed by atoms with Crippen LogP contribution < -0.4 is 0 Å². The third-order valence-corrected chi connectivity index (χ3v) is 5.38. The molecule has 108 valence electrons. The number of amides is 1. The molecule has 1 fully saturated rings. The van der Waals surface area contributed by atoms with Gasteiger partial charge in [0.1, 0.15) is 0 Å². The van der Waals surface area contributed by atoms with Crippen LogP contribution in [0.3, 0.4) is 0 Å². The number of nitrogens with zero attached hydrogens (tertiary/aromatic N) is 2. The van der Waals surface area contributed by atoms with Crippen molar-refractivity contribution in [2.24, 2.45) is 11.8 Å². The number of carbonyl (C=O) groups excluding carboxylic acids is 1. The fourth-order valence-electron chi connectivity index (χ4n) is 3.04. The topological polar surface area (TPSA) is 70.5 Å². The Labute approximate surface area is 121 Å². The summed E-state index contributed by atoms with van der Waals surface area (Å²) in [5.41, 5.74) is 1.12. The Morgan fingerprint density at radius 1 is 1.40 bits per heavy atom. The highest BCUT2D eigenvalue weighted by atomic mass is 32.1. The molecule has 6 heteroatoms. The largest absolute Gasteiger partial charge is 0.481 e. The predicted molar refractivity (Wildman–Crippen MR) is 74.5 cm³/mol. The first-order valence-electron chi connectivity index (χ1n) is 6.94. The first-order valence-corrected chi connectivity index (χ1v) is 7.76. The second-order valence-electron chi connectivity index (χ2n) is 5.69.